The molecule has 0 saturated carbocycles. The van der Waals surface area contributed by atoms with E-state index in [-0.39, 0.29) is 5.28 Å². The SMILES string of the molecule is Nc1cccnc1Nc1cnc(Cl)nc1. The third-order valence-electron chi connectivity index (χ3n) is 1.72. The lowest BCUT2D eigenvalue weighted by atomic mass is 10.4. The lowest BCUT2D eigenvalue weighted by Gasteiger charge is -2.06. The van der Waals surface area contributed by atoms with Gasteiger partial charge in [0.25, 0.3) is 0 Å². The molecule has 0 bridgehead atoms. The molecule has 0 saturated heterocycles. The molecular weight excluding hydrogens is 214 g/mol. The number of pyridine rings is 1. The summed E-state index contributed by atoms with van der Waals surface area (Å²) in [6.45, 7) is 0. The number of nitrogens with zero attached hydrogens (tertiary/aromatic N) is 3. The maximum Gasteiger partial charge on any atom is 0.222 e. The molecule has 0 fully saturated rings. The molecule has 0 aliphatic heterocycles. The topological polar surface area (TPSA) is 76.7 Å². The summed E-state index contributed by atoms with van der Waals surface area (Å²) in [6.07, 6.45) is 4.77. The van der Waals surface area contributed by atoms with E-state index in [0.29, 0.717) is 17.2 Å². The van der Waals surface area contributed by atoms with Crippen molar-refractivity contribution in [3.05, 3.63) is 36.0 Å². The lowest BCUT2D eigenvalue weighted by molar-refractivity contribution is 1.16. The Morgan fingerprint density at radius 1 is 1.20 bits per heavy atom. The molecule has 5 nitrogen and oxygen atoms in total. The zero-order valence-electron chi connectivity index (χ0n) is 7.68. The van der Waals surface area contributed by atoms with E-state index in [0.717, 1.165) is 0 Å². The molecule has 2 aromatic heterocycles. The first-order valence-electron chi connectivity index (χ1n) is 4.21. The second-order valence-electron chi connectivity index (χ2n) is 2.81. The van der Waals surface area contributed by atoms with Gasteiger partial charge in [-0.15, -0.1) is 0 Å². The number of anilines is 3. The molecule has 2 rings (SSSR count). The normalized spacial score (nSPS) is 9.93. The zero-order chi connectivity index (χ0) is 10.7. The van der Waals surface area contributed by atoms with E-state index in [1.54, 1.807) is 30.7 Å². The smallest absolute Gasteiger partial charge is 0.222 e. The molecule has 2 aromatic rings. The number of hydrogen-bond acceptors (Lipinski definition) is 5. The summed E-state index contributed by atoms with van der Waals surface area (Å²) >= 11 is 5.56. The van der Waals surface area contributed by atoms with Crippen LogP contribution in [0.3, 0.4) is 0 Å². The molecule has 6 heteroatoms. The Bertz CT molecular complexity index is 456. The Hall–Kier alpha value is -1.88. The van der Waals surface area contributed by atoms with Gasteiger partial charge in [-0.25, -0.2) is 15.0 Å². The first-order chi connectivity index (χ1) is 7.25. The van der Waals surface area contributed by atoms with Gasteiger partial charge in [0.15, 0.2) is 5.82 Å². The predicted octanol–water partition coefficient (Wildman–Crippen LogP) is 1.85. The van der Waals surface area contributed by atoms with E-state index in [2.05, 4.69) is 20.3 Å². The monoisotopic (exact) mass is 221 g/mol. The van der Waals surface area contributed by atoms with Crippen LogP contribution in [0.2, 0.25) is 5.28 Å². The Balaban J connectivity index is 2.22. The summed E-state index contributed by atoms with van der Waals surface area (Å²) in [5.41, 5.74) is 6.95. The van der Waals surface area contributed by atoms with Crippen LogP contribution >= 0.6 is 11.6 Å². The second kappa shape index (κ2) is 4.10. The molecule has 3 N–H and O–H groups in total. The fourth-order valence-corrected chi connectivity index (χ4v) is 1.13. The molecule has 0 spiro atoms. The van der Waals surface area contributed by atoms with Gasteiger partial charge in [-0.1, -0.05) is 0 Å². The van der Waals surface area contributed by atoms with Crippen molar-refractivity contribution in [1.29, 1.82) is 0 Å². The first kappa shape index (κ1) is 9.67. The highest BCUT2D eigenvalue weighted by molar-refractivity contribution is 6.28. The minimum atomic E-state index is 0.203. The number of nitrogens with one attached hydrogen (secondary N) is 1. The number of nitrogen functional groups attached to an aromatic ring is 1. The van der Waals surface area contributed by atoms with E-state index in [9.17, 15) is 0 Å². The minimum absolute atomic E-state index is 0.203. The van der Waals surface area contributed by atoms with E-state index in [1.807, 2.05) is 0 Å². The summed E-state index contributed by atoms with van der Waals surface area (Å²) in [6, 6.07) is 3.52. The van der Waals surface area contributed by atoms with Gasteiger partial charge in [0.1, 0.15) is 0 Å². The van der Waals surface area contributed by atoms with Gasteiger partial charge in [0, 0.05) is 6.20 Å². The molecule has 0 aliphatic rings. The van der Waals surface area contributed by atoms with Crippen molar-refractivity contribution in [3.8, 4) is 0 Å². The van der Waals surface area contributed by atoms with Crippen LogP contribution in [0.1, 0.15) is 0 Å². The van der Waals surface area contributed by atoms with Gasteiger partial charge < -0.3 is 11.1 Å². The van der Waals surface area contributed by atoms with Crippen molar-refractivity contribution in [3.63, 3.8) is 0 Å². The molecule has 76 valence electrons. The van der Waals surface area contributed by atoms with Gasteiger partial charge in [-0.05, 0) is 23.7 Å². The zero-order valence-corrected chi connectivity index (χ0v) is 8.44. The number of nitrogens with two attached hydrogens (primary N) is 1. The number of aromatic nitrogens is 3. The van der Waals surface area contributed by atoms with Crippen molar-refractivity contribution in [1.82, 2.24) is 15.0 Å². The minimum Gasteiger partial charge on any atom is -0.396 e. The summed E-state index contributed by atoms with van der Waals surface area (Å²) < 4.78 is 0. The summed E-state index contributed by atoms with van der Waals surface area (Å²) in [7, 11) is 0. The fraction of sp³-hybridized carbons (Fsp3) is 0. The van der Waals surface area contributed by atoms with Crippen molar-refractivity contribution in [2.24, 2.45) is 0 Å². The number of hydrogen-bond donors (Lipinski definition) is 2. The van der Waals surface area contributed by atoms with Crippen LogP contribution in [0, 0.1) is 0 Å². The highest BCUT2D eigenvalue weighted by atomic mass is 35.5. The number of halogens is 1. The molecule has 0 atom stereocenters. The average molecular weight is 222 g/mol. The third-order valence-corrected chi connectivity index (χ3v) is 1.92. The van der Waals surface area contributed by atoms with Crippen LogP contribution in [-0.2, 0) is 0 Å². The molecule has 0 amide bonds. The van der Waals surface area contributed by atoms with Crippen LogP contribution in [-0.4, -0.2) is 15.0 Å². The predicted molar refractivity (Wildman–Crippen MR) is 59.0 cm³/mol. The van der Waals surface area contributed by atoms with E-state index >= 15 is 0 Å². The van der Waals surface area contributed by atoms with Crippen molar-refractivity contribution >= 4 is 28.8 Å². The summed E-state index contributed by atoms with van der Waals surface area (Å²) in [5, 5.41) is 3.18. The van der Waals surface area contributed by atoms with Gasteiger partial charge in [0.05, 0.1) is 23.8 Å². The summed E-state index contributed by atoms with van der Waals surface area (Å²) in [5.74, 6) is 0.573. The van der Waals surface area contributed by atoms with E-state index < -0.39 is 0 Å². The quantitative estimate of drug-likeness (QED) is 0.757. The van der Waals surface area contributed by atoms with Crippen LogP contribution in [0.4, 0.5) is 17.2 Å². The first-order valence-corrected chi connectivity index (χ1v) is 4.58. The molecule has 0 radical (unpaired) electrons. The van der Waals surface area contributed by atoms with Gasteiger partial charge in [-0.2, -0.15) is 0 Å². The number of rotatable bonds is 2. The second-order valence-corrected chi connectivity index (χ2v) is 3.15. The Kier molecular flexibility index (Phi) is 2.64. The summed E-state index contributed by atoms with van der Waals surface area (Å²) in [4.78, 5) is 11.7. The van der Waals surface area contributed by atoms with Crippen LogP contribution in [0.5, 0.6) is 0 Å². The molecule has 2 heterocycles. The molecule has 15 heavy (non-hydrogen) atoms. The van der Waals surface area contributed by atoms with Crippen LogP contribution < -0.4 is 11.1 Å². The molecule has 0 unspecified atom stereocenters. The van der Waals surface area contributed by atoms with Gasteiger partial charge in [-0.3, -0.25) is 0 Å². The lowest BCUT2D eigenvalue weighted by Crippen LogP contribution is -1.99. The highest BCUT2D eigenvalue weighted by Gasteiger charge is 2.00. The van der Waals surface area contributed by atoms with E-state index in [4.69, 9.17) is 17.3 Å². The van der Waals surface area contributed by atoms with E-state index in [1.165, 1.54) is 0 Å². The fourth-order valence-electron chi connectivity index (χ4n) is 1.04. The Morgan fingerprint density at radius 3 is 2.60 bits per heavy atom. The highest BCUT2D eigenvalue weighted by Crippen LogP contribution is 2.18. The maximum absolute atomic E-state index is 5.71. The van der Waals surface area contributed by atoms with Crippen LogP contribution in [0.15, 0.2) is 30.7 Å². The van der Waals surface area contributed by atoms with Gasteiger partial charge in [0.2, 0.25) is 5.28 Å². The Labute approximate surface area is 91.3 Å². The molecule has 0 aliphatic carbocycles. The van der Waals surface area contributed by atoms with Crippen molar-refractivity contribution in [2.75, 3.05) is 11.1 Å². The van der Waals surface area contributed by atoms with Crippen molar-refractivity contribution in [2.45, 2.75) is 0 Å². The maximum atomic E-state index is 5.71. The molecular formula is C9H8ClN5. The average Bonchev–Trinajstić information content (AvgIpc) is 2.25. The standard InChI is InChI=1S/C9H8ClN5/c10-9-13-4-6(5-14-9)15-8-7(11)2-1-3-12-8/h1-5H,11H2,(H,12,15). The van der Waals surface area contributed by atoms with Gasteiger partial charge >= 0.3 is 0 Å². The molecule has 0 aromatic carbocycles. The van der Waals surface area contributed by atoms with Crippen molar-refractivity contribution < 1.29 is 0 Å². The van der Waals surface area contributed by atoms with Crippen LogP contribution in [0.25, 0.3) is 0 Å². The third kappa shape index (κ3) is 2.32. The largest absolute Gasteiger partial charge is 0.396 e. The Morgan fingerprint density at radius 2 is 1.93 bits per heavy atom.